The minimum Gasteiger partial charge on any atom is -0.494 e. The molecule has 1 aromatic heterocycles. The van der Waals surface area contributed by atoms with Crippen LogP contribution in [-0.2, 0) is 0 Å². The second-order valence-electron chi connectivity index (χ2n) is 3.09. The lowest BCUT2D eigenvalue weighted by Gasteiger charge is -2.03. The first-order valence-corrected chi connectivity index (χ1v) is 4.73. The van der Waals surface area contributed by atoms with E-state index in [1.165, 1.54) is 6.07 Å². The molecule has 2 rings (SSSR count). The molecule has 0 bridgehead atoms. The third-order valence-corrected chi connectivity index (χ3v) is 2.31. The highest BCUT2D eigenvalue weighted by Crippen LogP contribution is 2.26. The van der Waals surface area contributed by atoms with Crippen LogP contribution in [0.15, 0.2) is 41.2 Å². The number of aromatic amines is 1. The average molecular weight is 222 g/mol. The number of aromatic nitrogens is 1. The summed E-state index contributed by atoms with van der Waals surface area (Å²) in [7, 11) is 0. The van der Waals surface area contributed by atoms with Gasteiger partial charge < -0.3 is 5.11 Å². The Morgan fingerprint density at radius 3 is 2.33 bits per heavy atom. The Morgan fingerprint density at radius 2 is 1.73 bits per heavy atom. The van der Waals surface area contributed by atoms with Crippen LogP contribution in [0.4, 0.5) is 0 Å². The number of halogens is 1. The first-order valence-electron chi connectivity index (χ1n) is 4.35. The van der Waals surface area contributed by atoms with Crippen molar-refractivity contribution in [2.75, 3.05) is 0 Å². The first-order chi connectivity index (χ1) is 7.16. The Bertz CT molecular complexity index is 531. The lowest BCUT2D eigenvalue weighted by molar-refractivity contribution is 0.454. The van der Waals surface area contributed by atoms with Gasteiger partial charge in [-0.1, -0.05) is 23.7 Å². The molecule has 1 aromatic carbocycles. The van der Waals surface area contributed by atoms with Crippen LogP contribution in [0.5, 0.6) is 5.88 Å². The quantitative estimate of drug-likeness (QED) is 0.777. The molecule has 3 nitrogen and oxygen atoms in total. The molecule has 2 aromatic rings. The van der Waals surface area contributed by atoms with Gasteiger partial charge in [0.2, 0.25) is 0 Å². The van der Waals surface area contributed by atoms with E-state index in [0.29, 0.717) is 10.6 Å². The maximum Gasteiger partial charge on any atom is 0.250 e. The van der Waals surface area contributed by atoms with Gasteiger partial charge >= 0.3 is 0 Å². The van der Waals surface area contributed by atoms with Crippen molar-refractivity contribution in [1.29, 1.82) is 0 Å². The summed E-state index contributed by atoms with van der Waals surface area (Å²) in [5.41, 5.74) is 1.05. The molecule has 0 radical (unpaired) electrons. The molecule has 0 saturated heterocycles. The van der Waals surface area contributed by atoms with Gasteiger partial charge in [0, 0.05) is 16.7 Å². The second-order valence-corrected chi connectivity index (χ2v) is 3.53. The normalized spacial score (nSPS) is 10.2. The van der Waals surface area contributed by atoms with Gasteiger partial charge in [0.05, 0.1) is 0 Å². The van der Waals surface area contributed by atoms with Gasteiger partial charge in [-0.25, -0.2) is 0 Å². The molecule has 0 aliphatic carbocycles. The standard InChI is InChI=1S/C11H8ClNO2/c12-8-3-1-7(2-4-8)9-5-6-10(14)13-11(9)15/h1-6H,(H2,13,14,15). The van der Waals surface area contributed by atoms with E-state index < -0.39 is 0 Å². The van der Waals surface area contributed by atoms with Crippen LogP contribution in [0.1, 0.15) is 0 Å². The molecule has 0 aliphatic rings. The maximum absolute atomic E-state index is 10.9. The molecule has 15 heavy (non-hydrogen) atoms. The SMILES string of the molecule is O=c1ccc(-c2ccc(Cl)cc2)c(O)[nH]1. The molecule has 0 aliphatic heterocycles. The molecule has 0 fully saturated rings. The molecule has 2 N–H and O–H groups in total. The molecule has 0 saturated carbocycles. The molecule has 1 heterocycles. The summed E-state index contributed by atoms with van der Waals surface area (Å²) >= 11 is 5.74. The molecule has 76 valence electrons. The molecular weight excluding hydrogens is 214 g/mol. The van der Waals surface area contributed by atoms with Crippen molar-refractivity contribution in [2.45, 2.75) is 0 Å². The van der Waals surface area contributed by atoms with Gasteiger partial charge in [-0.05, 0) is 23.8 Å². The summed E-state index contributed by atoms with van der Waals surface area (Å²) in [5, 5.41) is 10.2. The Balaban J connectivity index is 2.54. The number of H-pyrrole nitrogens is 1. The predicted molar refractivity (Wildman–Crippen MR) is 59.2 cm³/mol. The van der Waals surface area contributed by atoms with Crippen molar-refractivity contribution in [1.82, 2.24) is 4.98 Å². The third kappa shape index (κ3) is 2.02. The zero-order valence-electron chi connectivity index (χ0n) is 7.70. The number of benzene rings is 1. The van der Waals surface area contributed by atoms with Crippen molar-refractivity contribution in [3.8, 4) is 17.0 Å². The summed E-state index contributed by atoms with van der Waals surface area (Å²) in [6.45, 7) is 0. The average Bonchev–Trinajstić information content (AvgIpc) is 2.20. The molecule has 0 spiro atoms. The highest BCUT2D eigenvalue weighted by molar-refractivity contribution is 6.30. The number of aromatic hydroxyl groups is 1. The monoisotopic (exact) mass is 221 g/mol. The zero-order chi connectivity index (χ0) is 10.8. The largest absolute Gasteiger partial charge is 0.494 e. The number of hydrogen-bond acceptors (Lipinski definition) is 2. The third-order valence-electron chi connectivity index (χ3n) is 2.05. The first kappa shape index (κ1) is 9.80. The van der Waals surface area contributed by atoms with Crippen LogP contribution < -0.4 is 5.56 Å². The van der Waals surface area contributed by atoms with Crippen LogP contribution in [-0.4, -0.2) is 10.1 Å². The number of nitrogens with one attached hydrogen (secondary N) is 1. The number of pyridine rings is 1. The van der Waals surface area contributed by atoms with Crippen molar-refractivity contribution in [3.63, 3.8) is 0 Å². The van der Waals surface area contributed by atoms with Crippen molar-refractivity contribution < 1.29 is 5.11 Å². The minimum absolute atomic E-state index is 0.134. The van der Waals surface area contributed by atoms with Gasteiger partial charge in [0.1, 0.15) is 0 Å². The van der Waals surface area contributed by atoms with E-state index in [2.05, 4.69) is 4.98 Å². The topological polar surface area (TPSA) is 53.1 Å². The smallest absolute Gasteiger partial charge is 0.250 e. The van der Waals surface area contributed by atoms with Crippen LogP contribution in [0.3, 0.4) is 0 Å². The van der Waals surface area contributed by atoms with Crippen LogP contribution in [0.2, 0.25) is 5.02 Å². The lowest BCUT2D eigenvalue weighted by atomic mass is 10.1. The van der Waals surface area contributed by atoms with E-state index in [0.717, 1.165) is 5.56 Å². The van der Waals surface area contributed by atoms with E-state index in [9.17, 15) is 9.90 Å². The van der Waals surface area contributed by atoms with Crippen molar-refractivity contribution >= 4 is 11.6 Å². The van der Waals surface area contributed by atoms with E-state index in [4.69, 9.17) is 11.6 Å². The summed E-state index contributed by atoms with van der Waals surface area (Å²) < 4.78 is 0. The summed E-state index contributed by atoms with van der Waals surface area (Å²) in [6.07, 6.45) is 0. The summed E-state index contributed by atoms with van der Waals surface area (Å²) in [5.74, 6) is -0.134. The fraction of sp³-hybridized carbons (Fsp3) is 0. The van der Waals surface area contributed by atoms with Crippen LogP contribution in [0.25, 0.3) is 11.1 Å². The highest BCUT2D eigenvalue weighted by Gasteiger charge is 2.04. The van der Waals surface area contributed by atoms with Crippen LogP contribution in [0, 0.1) is 0 Å². The second kappa shape index (κ2) is 3.79. The predicted octanol–water partition coefficient (Wildman–Crippen LogP) is 2.40. The summed E-state index contributed by atoms with van der Waals surface area (Å²) in [4.78, 5) is 13.2. The molecule has 0 amide bonds. The Kier molecular flexibility index (Phi) is 2.47. The highest BCUT2D eigenvalue weighted by atomic mass is 35.5. The van der Waals surface area contributed by atoms with Gasteiger partial charge in [-0.2, -0.15) is 0 Å². The molecule has 0 atom stereocenters. The van der Waals surface area contributed by atoms with Crippen molar-refractivity contribution in [3.05, 3.63) is 51.8 Å². The van der Waals surface area contributed by atoms with Gasteiger partial charge in [-0.3, -0.25) is 9.78 Å². The maximum atomic E-state index is 10.9. The molecule has 4 heteroatoms. The Labute approximate surface area is 91.0 Å². The zero-order valence-corrected chi connectivity index (χ0v) is 8.45. The van der Waals surface area contributed by atoms with Crippen LogP contribution >= 0.6 is 11.6 Å². The Morgan fingerprint density at radius 1 is 1.07 bits per heavy atom. The van der Waals surface area contributed by atoms with Crippen molar-refractivity contribution in [2.24, 2.45) is 0 Å². The van der Waals surface area contributed by atoms with Gasteiger partial charge in [-0.15, -0.1) is 0 Å². The lowest BCUT2D eigenvalue weighted by Crippen LogP contribution is -2.02. The van der Waals surface area contributed by atoms with E-state index >= 15 is 0 Å². The van der Waals surface area contributed by atoms with E-state index in [-0.39, 0.29) is 11.4 Å². The van der Waals surface area contributed by atoms with Gasteiger partial charge in [0.25, 0.3) is 5.56 Å². The fourth-order valence-corrected chi connectivity index (χ4v) is 1.45. The minimum atomic E-state index is -0.329. The van der Waals surface area contributed by atoms with E-state index in [1.807, 2.05) is 0 Å². The van der Waals surface area contributed by atoms with Gasteiger partial charge in [0.15, 0.2) is 5.88 Å². The number of hydrogen-bond donors (Lipinski definition) is 2. The fourth-order valence-electron chi connectivity index (χ4n) is 1.33. The molecular formula is C11H8ClNO2. The number of rotatable bonds is 1. The van der Waals surface area contributed by atoms with E-state index in [1.54, 1.807) is 30.3 Å². The molecule has 0 unspecified atom stereocenters. The Hall–Kier alpha value is -1.74. The summed E-state index contributed by atoms with van der Waals surface area (Å²) in [6, 6.07) is 9.93.